The quantitative estimate of drug-likeness (QED) is 0.759. The van der Waals surface area contributed by atoms with Crippen molar-refractivity contribution >= 4 is 17.2 Å². The van der Waals surface area contributed by atoms with Crippen LogP contribution >= 0.6 is 11.3 Å². The summed E-state index contributed by atoms with van der Waals surface area (Å²) in [6.07, 6.45) is 3.62. The van der Waals surface area contributed by atoms with E-state index in [2.05, 4.69) is 17.2 Å². The van der Waals surface area contributed by atoms with E-state index in [9.17, 15) is 4.79 Å². The SMILES string of the molecule is CCCc1ncc(C(=O)NCCN)s1. The molecule has 1 aromatic heterocycles. The Morgan fingerprint density at radius 1 is 1.71 bits per heavy atom. The molecule has 0 fully saturated rings. The van der Waals surface area contributed by atoms with Crippen molar-refractivity contribution < 1.29 is 4.79 Å². The van der Waals surface area contributed by atoms with E-state index in [1.807, 2.05) is 0 Å². The van der Waals surface area contributed by atoms with Gasteiger partial charge in [-0.25, -0.2) is 4.98 Å². The number of rotatable bonds is 5. The van der Waals surface area contributed by atoms with Gasteiger partial charge in [0, 0.05) is 13.1 Å². The largest absolute Gasteiger partial charge is 0.350 e. The zero-order valence-electron chi connectivity index (χ0n) is 8.25. The van der Waals surface area contributed by atoms with Crippen LogP contribution in [0, 0.1) is 0 Å². The number of amides is 1. The Balaban J connectivity index is 2.53. The molecule has 0 spiro atoms. The van der Waals surface area contributed by atoms with Crippen molar-refractivity contribution in [2.45, 2.75) is 19.8 Å². The van der Waals surface area contributed by atoms with Crippen LogP contribution in [-0.4, -0.2) is 24.0 Å². The highest BCUT2D eigenvalue weighted by atomic mass is 32.1. The van der Waals surface area contributed by atoms with Gasteiger partial charge >= 0.3 is 0 Å². The van der Waals surface area contributed by atoms with Crippen LogP contribution in [0.15, 0.2) is 6.20 Å². The molecular weight excluding hydrogens is 198 g/mol. The fraction of sp³-hybridized carbons (Fsp3) is 0.556. The summed E-state index contributed by atoms with van der Waals surface area (Å²) in [5.41, 5.74) is 5.28. The molecule has 0 saturated carbocycles. The summed E-state index contributed by atoms with van der Waals surface area (Å²) < 4.78 is 0. The van der Waals surface area contributed by atoms with Crippen LogP contribution in [0.1, 0.15) is 28.0 Å². The number of nitrogens with two attached hydrogens (primary N) is 1. The number of carbonyl (C=O) groups is 1. The van der Waals surface area contributed by atoms with Crippen LogP contribution in [0.5, 0.6) is 0 Å². The van der Waals surface area contributed by atoms with Gasteiger partial charge in [0.25, 0.3) is 5.91 Å². The number of thiazole rings is 1. The van der Waals surface area contributed by atoms with Gasteiger partial charge in [-0.15, -0.1) is 11.3 Å². The standard InChI is InChI=1S/C9H15N3OS/c1-2-3-8-12-6-7(14-8)9(13)11-5-4-10/h6H,2-5,10H2,1H3,(H,11,13). The third-order valence-electron chi connectivity index (χ3n) is 1.67. The highest BCUT2D eigenvalue weighted by Gasteiger charge is 2.08. The Hall–Kier alpha value is -0.940. The van der Waals surface area contributed by atoms with Crippen LogP contribution in [0.4, 0.5) is 0 Å². The van der Waals surface area contributed by atoms with Crippen molar-refractivity contribution in [3.63, 3.8) is 0 Å². The molecule has 0 saturated heterocycles. The topological polar surface area (TPSA) is 68.0 Å². The molecule has 0 unspecified atom stereocenters. The van der Waals surface area contributed by atoms with Gasteiger partial charge in [0.1, 0.15) is 4.88 Å². The van der Waals surface area contributed by atoms with E-state index >= 15 is 0 Å². The summed E-state index contributed by atoms with van der Waals surface area (Å²) in [6, 6.07) is 0. The Morgan fingerprint density at radius 2 is 2.50 bits per heavy atom. The molecule has 0 aliphatic heterocycles. The molecule has 0 aromatic carbocycles. The van der Waals surface area contributed by atoms with Crippen LogP contribution < -0.4 is 11.1 Å². The number of nitrogens with zero attached hydrogens (tertiary/aromatic N) is 1. The van der Waals surface area contributed by atoms with Crippen molar-refractivity contribution in [3.8, 4) is 0 Å². The van der Waals surface area contributed by atoms with E-state index in [0.717, 1.165) is 17.8 Å². The van der Waals surface area contributed by atoms with Gasteiger partial charge in [-0.1, -0.05) is 6.92 Å². The number of aromatic nitrogens is 1. The molecule has 1 amide bonds. The van der Waals surface area contributed by atoms with Crippen molar-refractivity contribution in [1.82, 2.24) is 10.3 Å². The molecule has 3 N–H and O–H groups in total. The number of carbonyl (C=O) groups excluding carboxylic acids is 1. The maximum Gasteiger partial charge on any atom is 0.263 e. The zero-order chi connectivity index (χ0) is 10.4. The van der Waals surface area contributed by atoms with Crippen molar-refractivity contribution in [3.05, 3.63) is 16.1 Å². The van der Waals surface area contributed by atoms with Crippen LogP contribution in [0.3, 0.4) is 0 Å². The van der Waals surface area contributed by atoms with Crippen LogP contribution in [0.2, 0.25) is 0 Å². The Kier molecular flexibility index (Phi) is 4.55. The van der Waals surface area contributed by atoms with E-state index < -0.39 is 0 Å². The van der Waals surface area contributed by atoms with Crippen LogP contribution in [0.25, 0.3) is 0 Å². The summed E-state index contributed by atoms with van der Waals surface area (Å²) in [7, 11) is 0. The molecule has 0 aliphatic rings. The summed E-state index contributed by atoms with van der Waals surface area (Å²) in [6.45, 7) is 3.07. The van der Waals surface area contributed by atoms with Crippen molar-refractivity contribution in [2.24, 2.45) is 5.73 Å². The third-order valence-corrected chi connectivity index (χ3v) is 2.73. The summed E-state index contributed by atoms with van der Waals surface area (Å²) >= 11 is 1.45. The number of nitrogens with one attached hydrogen (secondary N) is 1. The second-order valence-electron chi connectivity index (χ2n) is 2.91. The molecule has 1 aromatic rings. The Labute approximate surface area is 87.5 Å². The monoisotopic (exact) mass is 213 g/mol. The molecule has 0 bridgehead atoms. The average molecular weight is 213 g/mol. The first-order valence-corrected chi connectivity index (χ1v) is 5.52. The second-order valence-corrected chi connectivity index (χ2v) is 4.03. The lowest BCUT2D eigenvalue weighted by Gasteiger charge is -1.98. The second kappa shape index (κ2) is 5.72. The molecule has 14 heavy (non-hydrogen) atoms. The van der Waals surface area contributed by atoms with E-state index in [0.29, 0.717) is 18.0 Å². The molecular formula is C9H15N3OS. The van der Waals surface area contributed by atoms with Gasteiger partial charge < -0.3 is 11.1 Å². The molecule has 78 valence electrons. The van der Waals surface area contributed by atoms with Crippen molar-refractivity contribution in [2.75, 3.05) is 13.1 Å². The lowest BCUT2D eigenvalue weighted by atomic mass is 10.4. The van der Waals surface area contributed by atoms with E-state index in [1.54, 1.807) is 6.20 Å². The summed E-state index contributed by atoms with van der Waals surface area (Å²) in [5.74, 6) is -0.0738. The van der Waals surface area contributed by atoms with E-state index in [4.69, 9.17) is 5.73 Å². The molecule has 0 radical (unpaired) electrons. The first-order valence-electron chi connectivity index (χ1n) is 4.71. The molecule has 1 heterocycles. The first kappa shape index (κ1) is 11.1. The van der Waals surface area contributed by atoms with Gasteiger partial charge in [-0.05, 0) is 12.8 Å². The molecule has 5 heteroatoms. The van der Waals surface area contributed by atoms with E-state index in [-0.39, 0.29) is 5.91 Å². The van der Waals surface area contributed by atoms with E-state index in [1.165, 1.54) is 11.3 Å². The van der Waals surface area contributed by atoms with Gasteiger partial charge in [-0.2, -0.15) is 0 Å². The third kappa shape index (κ3) is 3.08. The van der Waals surface area contributed by atoms with Crippen molar-refractivity contribution in [1.29, 1.82) is 0 Å². The number of aryl methyl sites for hydroxylation is 1. The predicted octanol–water partition coefficient (Wildman–Crippen LogP) is 0.784. The summed E-state index contributed by atoms with van der Waals surface area (Å²) in [4.78, 5) is 16.3. The minimum atomic E-state index is -0.0738. The highest BCUT2D eigenvalue weighted by Crippen LogP contribution is 2.13. The first-order chi connectivity index (χ1) is 6.77. The normalized spacial score (nSPS) is 10.1. The lowest BCUT2D eigenvalue weighted by molar-refractivity contribution is 0.0958. The highest BCUT2D eigenvalue weighted by molar-refractivity contribution is 7.13. The Morgan fingerprint density at radius 3 is 3.14 bits per heavy atom. The van der Waals surface area contributed by atoms with Gasteiger partial charge in [0.15, 0.2) is 0 Å². The maximum atomic E-state index is 11.4. The molecule has 4 nitrogen and oxygen atoms in total. The minimum absolute atomic E-state index is 0.0738. The molecule has 1 rings (SSSR count). The lowest BCUT2D eigenvalue weighted by Crippen LogP contribution is -2.28. The predicted molar refractivity (Wildman–Crippen MR) is 57.5 cm³/mol. The van der Waals surface area contributed by atoms with Crippen LogP contribution in [-0.2, 0) is 6.42 Å². The fourth-order valence-corrected chi connectivity index (χ4v) is 1.95. The number of hydrogen-bond acceptors (Lipinski definition) is 4. The molecule has 0 atom stereocenters. The Bertz CT molecular complexity index is 298. The van der Waals surface area contributed by atoms with Gasteiger partial charge in [-0.3, -0.25) is 4.79 Å². The number of hydrogen-bond donors (Lipinski definition) is 2. The smallest absolute Gasteiger partial charge is 0.263 e. The average Bonchev–Trinajstić information content (AvgIpc) is 2.63. The fourth-order valence-electron chi connectivity index (χ4n) is 1.02. The molecule has 0 aliphatic carbocycles. The van der Waals surface area contributed by atoms with Gasteiger partial charge in [0.2, 0.25) is 0 Å². The summed E-state index contributed by atoms with van der Waals surface area (Å²) in [5, 5.41) is 3.73. The minimum Gasteiger partial charge on any atom is -0.350 e. The van der Waals surface area contributed by atoms with Gasteiger partial charge in [0.05, 0.1) is 11.2 Å². The zero-order valence-corrected chi connectivity index (χ0v) is 9.06. The maximum absolute atomic E-state index is 11.4.